The Balaban J connectivity index is 2.22. The van der Waals surface area contributed by atoms with Gasteiger partial charge in [0.1, 0.15) is 11.5 Å². The smallest absolute Gasteiger partial charge is 0.274 e. The molecule has 0 aliphatic carbocycles. The molecular formula is C14H14BrN3O. The number of carbonyl (C=O) groups is 1. The number of nitrogens with one attached hydrogen (secondary N) is 2. The highest BCUT2D eigenvalue weighted by Gasteiger charge is 2.09. The molecule has 0 fully saturated rings. The number of hydrogen-bond acceptors (Lipinski definition) is 3. The van der Waals surface area contributed by atoms with E-state index in [1.165, 1.54) is 0 Å². The lowest BCUT2D eigenvalue weighted by molar-refractivity contribution is 0.102. The fourth-order valence-electron chi connectivity index (χ4n) is 1.62. The van der Waals surface area contributed by atoms with E-state index in [2.05, 4.69) is 31.5 Å². The zero-order valence-corrected chi connectivity index (χ0v) is 12.3. The van der Waals surface area contributed by atoms with Crippen LogP contribution in [0.4, 0.5) is 11.5 Å². The van der Waals surface area contributed by atoms with Crippen LogP contribution in [-0.2, 0) is 0 Å². The van der Waals surface area contributed by atoms with Crippen LogP contribution in [0.1, 0.15) is 16.1 Å². The van der Waals surface area contributed by atoms with Crippen LogP contribution in [0.5, 0.6) is 0 Å². The molecule has 5 heteroatoms. The molecule has 2 rings (SSSR count). The van der Waals surface area contributed by atoms with Gasteiger partial charge < -0.3 is 10.6 Å². The van der Waals surface area contributed by atoms with Crippen molar-refractivity contribution in [3.63, 3.8) is 0 Å². The first-order chi connectivity index (χ1) is 9.10. The van der Waals surface area contributed by atoms with E-state index in [1.54, 1.807) is 25.2 Å². The van der Waals surface area contributed by atoms with Crippen LogP contribution in [-0.4, -0.2) is 17.9 Å². The monoisotopic (exact) mass is 319 g/mol. The van der Waals surface area contributed by atoms with Crippen LogP contribution in [0, 0.1) is 6.92 Å². The van der Waals surface area contributed by atoms with Gasteiger partial charge in [-0.1, -0.05) is 28.1 Å². The molecular weight excluding hydrogens is 306 g/mol. The van der Waals surface area contributed by atoms with Crippen molar-refractivity contribution >= 4 is 33.3 Å². The second-order valence-electron chi connectivity index (χ2n) is 4.07. The van der Waals surface area contributed by atoms with Crippen molar-refractivity contribution in [2.24, 2.45) is 0 Å². The maximum absolute atomic E-state index is 12.1. The Morgan fingerprint density at radius 3 is 2.79 bits per heavy atom. The highest BCUT2D eigenvalue weighted by molar-refractivity contribution is 9.10. The van der Waals surface area contributed by atoms with Gasteiger partial charge in [-0.2, -0.15) is 0 Å². The molecule has 4 nitrogen and oxygen atoms in total. The lowest BCUT2D eigenvalue weighted by Crippen LogP contribution is -2.15. The van der Waals surface area contributed by atoms with Crippen molar-refractivity contribution in [3.8, 4) is 0 Å². The fraction of sp³-hybridized carbons (Fsp3) is 0.143. The molecule has 1 aromatic heterocycles. The minimum absolute atomic E-state index is 0.224. The zero-order chi connectivity index (χ0) is 13.8. The normalized spacial score (nSPS) is 10.1. The summed E-state index contributed by atoms with van der Waals surface area (Å²) < 4.78 is 0.922. The van der Waals surface area contributed by atoms with Crippen LogP contribution < -0.4 is 10.6 Å². The van der Waals surface area contributed by atoms with Crippen LogP contribution >= 0.6 is 15.9 Å². The van der Waals surface area contributed by atoms with E-state index in [9.17, 15) is 4.79 Å². The number of pyridine rings is 1. The molecule has 0 aliphatic rings. The van der Waals surface area contributed by atoms with Gasteiger partial charge in [0, 0.05) is 17.2 Å². The summed E-state index contributed by atoms with van der Waals surface area (Å²) in [7, 11) is 1.77. The van der Waals surface area contributed by atoms with Crippen molar-refractivity contribution in [3.05, 3.63) is 52.1 Å². The third-order valence-corrected chi connectivity index (χ3v) is 3.18. The summed E-state index contributed by atoms with van der Waals surface area (Å²) in [5, 5.41) is 5.77. The first-order valence-electron chi connectivity index (χ1n) is 5.82. The predicted molar refractivity (Wildman–Crippen MR) is 80.6 cm³/mol. The summed E-state index contributed by atoms with van der Waals surface area (Å²) in [6.45, 7) is 1.94. The number of nitrogens with zero attached hydrogens (tertiary/aromatic N) is 1. The topological polar surface area (TPSA) is 54.0 Å². The Bertz CT molecular complexity index is 613. The minimum atomic E-state index is -0.224. The second-order valence-corrected chi connectivity index (χ2v) is 4.99. The van der Waals surface area contributed by atoms with Gasteiger partial charge in [0.2, 0.25) is 0 Å². The average Bonchev–Trinajstić information content (AvgIpc) is 2.43. The lowest BCUT2D eigenvalue weighted by Gasteiger charge is -2.09. The molecule has 2 aromatic rings. The minimum Gasteiger partial charge on any atom is -0.373 e. The number of aromatic nitrogens is 1. The van der Waals surface area contributed by atoms with Crippen molar-refractivity contribution in [2.45, 2.75) is 6.92 Å². The number of hydrogen-bond donors (Lipinski definition) is 2. The van der Waals surface area contributed by atoms with E-state index < -0.39 is 0 Å². The number of anilines is 2. The Morgan fingerprint density at radius 1 is 1.26 bits per heavy atom. The number of halogens is 1. The number of carbonyl (C=O) groups excluding carboxylic acids is 1. The summed E-state index contributed by atoms with van der Waals surface area (Å²) >= 11 is 3.39. The van der Waals surface area contributed by atoms with Crippen LogP contribution in [0.3, 0.4) is 0 Å². The molecule has 0 saturated carbocycles. The van der Waals surface area contributed by atoms with Crippen molar-refractivity contribution in [1.29, 1.82) is 0 Å². The van der Waals surface area contributed by atoms with Gasteiger partial charge in [-0.05, 0) is 36.8 Å². The van der Waals surface area contributed by atoms with E-state index in [4.69, 9.17) is 0 Å². The van der Waals surface area contributed by atoms with Gasteiger partial charge in [0.25, 0.3) is 5.91 Å². The Morgan fingerprint density at radius 2 is 2.05 bits per heavy atom. The summed E-state index contributed by atoms with van der Waals surface area (Å²) in [5.74, 6) is 0.442. The van der Waals surface area contributed by atoms with Crippen LogP contribution in [0.25, 0.3) is 0 Å². The standard InChI is InChI=1S/C14H14BrN3O/c1-9-6-7-10(15)8-12(9)18-14(19)11-4-3-5-13(16-2)17-11/h3-8H,1-2H3,(H,16,17)(H,18,19). The number of amides is 1. The quantitative estimate of drug-likeness (QED) is 0.911. The van der Waals surface area contributed by atoms with Gasteiger partial charge in [-0.3, -0.25) is 4.79 Å². The van der Waals surface area contributed by atoms with Gasteiger partial charge in [0.05, 0.1) is 0 Å². The maximum atomic E-state index is 12.1. The summed E-state index contributed by atoms with van der Waals surface area (Å²) in [4.78, 5) is 16.3. The molecule has 0 spiro atoms. The molecule has 1 aromatic carbocycles. The van der Waals surface area contributed by atoms with Crippen LogP contribution in [0.15, 0.2) is 40.9 Å². The van der Waals surface area contributed by atoms with E-state index >= 15 is 0 Å². The van der Waals surface area contributed by atoms with E-state index in [0.29, 0.717) is 11.5 Å². The zero-order valence-electron chi connectivity index (χ0n) is 10.7. The summed E-state index contributed by atoms with van der Waals surface area (Å²) in [6.07, 6.45) is 0. The Hall–Kier alpha value is -1.88. The molecule has 0 unspecified atom stereocenters. The molecule has 1 heterocycles. The molecule has 1 amide bonds. The molecule has 2 N–H and O–H groups in total. The number of aryl methyl sites for hydroxylation is 1. The average molecular weight is 320 g/mol. The van der Waals surface area contributed by atoms with Gasteiger partial charge >= 0.3 is 0 Å². The van der Waals surface area contributed by atoms with E-state index in [-0.39, 0.29) is 5.91 Å². The highest BCUT2D eigenvalue weighted by atomic mass is 79.9. The number of benzene rings is 1. The molecule has 19 heavy (non-hydrogen) atoms. The van der Waals surface area contributed by atoms with Crippen molar-refractivity contribution < 1.29 is 4.79 Å². The third-order valence-electron chi connectivity index (χ3n) is 2.69. The van der Waals surface area contributed by atoms with Crippen molar-refractivity contribution in [1.82, 2.24) is 4.98 Å². The van der Waals surface area contributed by atoms with Gasteiger partial charge in [-0.25, -0.2) is 4.98 Å². The molecule has 98 valence electrons. The maximum Gasteiger partial charge on any atom is 0.274 e. The molecule has 0 bridgehead atoms. The summed E-state index contributed by atoms with van der Waals surface area (Å²) in [6, 6.07) is 11.0. The molecule has 0 aliphatic heterocycles. The van der Waals surface area contributed by atoms with Gasteiger partial charge in [-0.15, -0.1) is 0 Å². The summed E-state index contributed by atoms with van der Waals surface area (Å²) in [5.41, 5.74) is 2.16. The molecule has 0 saturated heterocycles. The Kier molecular flexibility index (Phi) is 4.16. The molecule has 0 atom stereocenters. The highest BCUT2D eigenvalue weighted by Crippen LogP contribution is 2.21. The largest absolute Gasteiger partial charge is 0.373 e. The second kappa shape index (κ2) is 5.84. The van der Waals surface area contributed by atoms with E-state index in [0.717, 1.165) is 15.7 Å². The lowest BCUT2D eigenvalue weighted by atomic mass is 10.2. The molecule has 0 radical (unpaired) electrons. The van der Waals surface area contributed by atoms with Gasteiger partial charge in [0.15, 0.2) is 0 Å². The fourth-order valence-corrected chi connectivity index (χ4v) is 1.98. The SMILES string of the molecule is CNc1cccc(C(=O)Nc2cc(Br)ccc2C)n1. The van der Waals surface area contributed by atoms with Crippen molar-refractivity contribution in [2.75, 3.05) is 17.7 Å². The first-order valence-corrected chi connectivity index (χ1v) is 6.62. The number of rotatable bonds is 3. The predicted octanol–water partition coefficient (Wildman–Crippen LogP) is 3.45. The third kappa shape index (κ3) is 3.32. The first kappa shape index (κ1) is 13.5. The Labute approximate surface area is 120 Å². The van der Waals surface area contributed by atoms with Crippen LogP contribution in [0.2, 0.25) is 0 Å². The van der Waals surface area contributed by atoms with E-state index in [1.807, 2.05) is 25.1 Å².